The molecule has 0 radical (unpaired) electrons. The van der Waals surface area contributed by atoms with Gasteiger partial charge in [-0.05, 0) is 38.5 Å². The van der Waals surface area contributed by atoms with Crippen molar-refractivity contribution < 1.29 is 19.8 Å². The Bertz CT molecular complexity index is 357. The summed E-state index contributed by atoms with van der Waals surface area (Å²) >= 11 is 0. The molecule has 0 aliphatic heterocycles. The van der Waals surface area contributed by atoms with Crippen LogP contribution < -0.4 is 0 Å². The summed E-state index contributed by atoms with van der Waals surface area (Å²) in [6.45, 7) is 0.426. The summed E-state index contributed by atoms with van der Waals surface area (Å²) in [6.07, 6.45) is 8.17. The highest BCUT2D eigenvalue weighted by Gasteiger charge is 2.34. The van der Waals surface area contributed by atoms with E-state index in [-0.39, 0.29) is 30.4 Å². The Morgan fingerprint density at radius 1 is 0.905 bits per heavy atom. The van der Waals surface area contributed by atoms with Gasteiger partial charge in [-0.15, -0.1) is 0 Å². The van der Waals surface area contributed by atoms with E-state index in [4.69, 9.17) is 5.11 Å². The molecule has 0 atom stereocenters. The van der Waals surface area contributed by atoms with Crippen molar-refractivity contribution in [3.05, 3.63) is 0 Å². The number of carboxylic acids is 1. The maximum atomic E-state index is 12.7. The van der Waals surface area contributed by atoms with Crippen LogP contribution in [0, 0.1) is 11.8 Å². The molecule has 0 unspecified atom stereocenters. The third kappa shape index (κ3) is 4.19. The van der Waals surface area contributed by atoms with Crippen molar-refractivity contribution in [2.75, 3.05) is 13.2 Å². The SMILES string of the molecule is O=C(O)C1CCC(C(=O)N(CCO)C2CCCCC2)CC1. The zero-order valence-electron chi connectivity index (χ0n) is 12.7. The van der Waals surface area contributed by atoms with Crippen molar-refractivity contribution in [3.8, 4) is 0 Å². The summed E-state index contributed by atoms with van der Waals surface area (Å²) in [5.41, 5.74) is 0. The second-order valence-corrected chi connectivity index (χ2v) is 6.43. The summed E-state index contributed by atoms with van der Waals surface area (Å²) in [7, 11) is 0. The fraction of sp³-hybridized carbons (Fsp3) is 0.875. The highest BCUT2D eigenvalue weighted by atomic mass is 16.4. The van der Waals surface area contributed by atoms with Gasteiger partial charge in [-0.2, -0.15) is 0 Å². The predicted octanol–water partition coefficient (Wildman–Crippen LogP) is 2.03. The monoisotopic (exact) mass is 297 g/mol. The lowest BCUT2D eigenvalue weighted by Crippen LogP contribution is -2.46. The molecular formula is C16H27NO4. The molecule has 2 rings (SSSR count). The van der Waals surface area contributed by atoms with Gasteiger partial charge < -0.3 is 15.1 Å². The van der Waals surface area contributed by atoms with E-state index in [1.807, 2.05) is 4.90 Å². The first-order valence-corrected chi connectivity index (χ1v) is 8.27. The van der Waals surface area contributed by atoms with Crippen LogP contribution in [-0.4, -0.2) is 46.2 Å². The number of hydrogen-bond donors (Lipinski definition) is 2. The minimum absolute atomic E-state index is 0.00666. The summed E-state index contributed by atoms with van der Waals surface area (Å²) in [6, 6.07) is 0.274. The first-order valence-electron chi connectivity index (χ1n) is 8.27. The van der Waals surface area contributed by atoms with Gasteiger partial charge in [0.2, 0.25) is 5.91 Å². The van der Waals surface area contributed by atoms with Crippen LogP contribution in [-0.2, 0) is 9.59 Å². The smallest absolute Gasteiger partial charge is 0.306 e. The Morgan fingerprint density at radius 3 is 2.00 bits per heavy atom. The van der Waals surface area contributed by atoms with Crippen LogP contribution in [0.15, 0.2) is 0 Å². The molecule has 2 fully saturated rings. The quantitative estimate of drug-likeness (QED) is 0.814. The number of rotatable bonds is 5. The summed E-state index contributed by atoms with van der Waals surface area (Å²) in [5, 5.41) is 18.3. The largest absolute Gasteiger partial charge is 0.481 e. The molecule has 120 valence electrons. The van der Waals surface area contributed by atoms with E-state index in [0.29, 0.717) is 32.2 Å². The van der Waals surface area contributed by atoms with Gasteiger partial charge in [0.05, 0.1) is 12.5 Å². The molecule has 5 nitrogen and oxygen atoms in total. The van der Waals surface area contributed by atoms with Gasteiger partial charge >= 0.3 is 5.97 Å². The molecule has 2 N–H and O–H groups in total. The normalized spacial score (nSPS) is 27.3. The average molecular weight is 297 g/mol. The van der Waals surface area contributed by atoms with Crippen molar-refractivity contribution in [2.24, 2.45) is 11.8 Å². The molecule has 0 saturated heterocycles. The van der Waals surface area contributed by atoms with Crippen LogP contribution in [0.4, 0.5) is 0 Å². The zero-order chi connectivity index (χ0) is 15.2. The van der Waals surface area contributed by atoms with Crippen LogP contribution in [0.25, 0.3) is 0 Å². The molecule has 0 bridgehead atoms. The number of carboxylic acid groups (broad SMARTS) is 1. The Morgan fingerprint density at radius 2 is 1.48 bits per heavy atom. The summed E-state index contributed by atoms with van der Waals surface area (Å²) in [4.78, 5) is 25.6. The number of carbonyl (C=O) groups is 2. The lowest BCUT2D eigenvalue weighted by Gasteiger charge is -2.37. The lowest BCUT2D eigenvalue weighted by atomic mass is 9.81. The van der Waals surface area contributed by atoms with Crippen LogP contribution in [0.5, 0.6) is 0 Å². The number of aliphatic hydroxyl groups is 1. The predicted molar refractivity (Wildman–Crippen MR) is 78.8 cm³/mol. The average Bonchev–Trinajstić information content (AvgIpc) is 2.53. The minimum Gasteiger partial charge on any atom is -0.481 e. The van der Waals surface area contributed by atoms with Gasteiger partial charge in [-0.25, -0.2) is 0 Å². The highest BCUT2D eigenvalue weighted by Crippen LogP contribution is 2.32. The van der Waals surface area contributed by atoms with E-state index < -0.39 is 5.97 Å². The molecule has 2 aliphatic carbocycles. The minimum atomic E-state index is -0.736. The number of aliphatic hydroxyl groups excluding tert-OH is 1. The first kappa shape index (κ1) is 16.3. The maximum absolute atomic E-state index is 12.7. The Balaban J connectivity index is 1.93. The molecule has 2 aliphatic rings. The standard InChI is InChI=1S/C16H27NO4/c18-11-10-17(14-4-2-1-3-5-14)15(19)12-6-8-13(9-7-12)16(20)21/h12-14,18H,1-11H2,(H,20,21). The van der Waals surface area contributed by atoms with E-state index in [2.05, 4.69) is 0 Å². The van der Waals surface area contributed by atoms with E-state index in [0.717, 1.165) is 25.7 Å². The number of aliphatic carboxylic acids is 1. The van der Waals surface area contributed by atoms with Gasteiger partial charge in [0.1, 0.15) is 0 Å². The maximum Gasteiger partial charge on any atom is 0.306 e. The number of hydrogen-bond acceptors (Lipinski definition) is 3. The van der Waals surface area contributed by atoms with Gasteiger partial charge in [-0.1, -0.05) is 19.3 Å². The highest BCUT2D eigenvalue weighted by molar-refractivity contribution is 5.80. The second-order valence-electron chi connectivity index (χ2n) is 6.43. The third-order valence-corrected chi connectivity index (χ3v) is 5.07. The molecular weight excluding hydrogens is 270 g/mol. The zero-order valence-corrected chi connectivity index (χ0v) is 12.7. The van der Waals surface area contributed by atoms with E-state index in [1.165, 1.54) is 6.42 Å². The fourth-order valence-electron chi connectivity index (χ4n) is 3.79. The molecule has 0 spiro atoms. The molecule has 21 heavy (non-hydrogen) atoms. The molecule has 5 heteroatoms. The Hall–Kier alpha value is -1.10. The van der Waals surface area contributed by atoms with Gasteiger partial charge in [0.15, 0.2) is 0 Å². The van der Waals surface area contributed by atoms with Crippen LogP contribution in [0.3, 0.4) is 0 Å². The summed E-state index contributed by atoms with van der Waals surface area (Å²) in [5.74, 6) is -0.927. The van der Waals surface area contributed by atoms with Gasteiger partial charge in [-0.3, -0.25) is 9.59 Å². The third-order valence-electron chi connectivity index (χ3n) is 5.07. The molecule has 0 aromatic heterocycles. The molecule has 0 heterocycles. The topological polar surface area (TPSA) is 77.8 Å². The number of nitrogens with zero attached hydrogens (tertiary/aromatic N) is 1. The van der Waals surface area contributed by atoms with Gasteiger partial charge in [0, 0.05) is 18.5 Å². The lowest BCUT2D eigenvalue weighted by molar-refractivity contribution is -0.146. The van der Waals surface area contributed by atoms with Crippen molar-refractivity contribution in [1.29, 1.82) is 0 Å². The molecule has 0 aromatic carbocycles. The van der Waals surface area contributed by atoms with Crippen molar-refractivity contribution in [3.63, 3.8) is 0 Å². The molecule has 2 saturated carbocycles. The molecule has 1 amide bonds. The van der Waals surface area contributed by atoms with E-state index >= 15 is 0 Å². The van der Waals surface area contributed by atoms with Crippen LogP contribution in [0.2, 0.25) is 0 Å². The van der Waals surface area contributed by atoms with E-state index in [1.54, 1.807) is 0 Å². The van der Waals surface area contributed by atoms with Crippen molar-refractivity contribution >= 4 is 11.9 Å². The number of carbonyl (C=O) groups excluding carboxylic acids is 1. The van der Waals surface area contributed by atoms with Gasteiger partial charge in [0.25, 0.3) is 0 Å². The second kappa shape index (κ2) is 7.78. The fourth-order valence-corrected chi connectivity index (χ4v) is 3.79. The summed E-state index contributed by atoms with van der Waals surface area (Å²) < 4.78 is 0. The first-order chi connectivity index (χ1) is 10.1. The van der Waals surface area contributed by atoms with Crippen LogP contribution in [0.1, 0.15) is 57.8 Å². The van der Waals surface area contributed by atoms with Crippen LogP contribution >= 0.6 is 0 Å². The number of amides is 1. The van der Waals surface area contributed by atoms with Crippen molar-refractivity contribution in [2.45, 2.75) is 63.8 Å². The van der Waals surface area contributed by atoms with Crippen molar-refractivity contribution in [1.82, 2.24) is 4.90 Å². The van der Waals surface area contributed by atoms with E-state index in [9.17, 15) is 14.7 Å². The Kier molecular flexibility index (Phi) is 6.03. The Labute approximate surface area is 126 Å². The molecule has 0 aromatic rings.